The molecule has 1 aliphatic rings. The van der Waals surface area contributed by atoms with Crippen LogP contribution in [-0.4, -0.2) is 5.11 Å². The van der Waals surface area contributed by atoms with Gasteiger partial charge >= 0.3 is 0 Å². The van der Waals surface area contributed by atoms with Crippen molar-refractivity contribution in [3.05, 3.63) is 23.2 Å². The fourth-order valence-electron chi connectivity index (χ4n) is 1.49. The topological polar surface area (TPSA) is 20.2 Å². The molecule has 0 saturated carbocycles. The molecule has 1 aliphatic carbocycles. The number of allylic oxidation sites excluding steroid dienone is 4. The molecule has 0 aromatic heterocycles. The molecule has 1 nitrogen and oxygen atoms in total. The molecule has 0 fully saturated rings. The van der Waals surface area contributed by atoms with Gasteiger partial charge in [0.25, 0.3) is 0 Å². The van der Waals surface area contributed by atoms with Gasteiger partial charge in [-0.1, -0.05) is 20.8 Å². The van der Waals surface area contributed by atoms with Crippen LogP contribution in [0, 0.1) is 5.41 Å². The third-order valence-corrected chi connectivity index (χ3v) is 1.98. The number of aliphatic hydroxyl groups excluding tert-OH is 1. The van der Waals surface area contributed by atoms with Gasteiger partial charge in [0.15, 0.2) is 0 Å². The molecule has 0 aromatic carbocycles. The molecule has 0 aliphatic heterocycles. The van der Waals surface area contributed by atoms with Crippen molar-refractivity contribution < 1.29 is 9.50 Å². The molecular weight excluding hydrogens is 155 g/mol. The number of hydrogen-bond donors (Lipinski definition) is 1. The number of hydrogen-bond acceptors (Lipinski definition) is 1. The molecule has 12 heavy (non-hydrogen) atoms. The number of halogens is 1. The first-order valence-corrected chi connectivity index (χ1v) is 4.21. The minimum Gasteiger partial charge on any atom is -0.512 e. The second-order valence-corrected chi connectivity index (χ2v) is 4.16. The molecule has 1 rings (SSSR count). The van der Waals surface area contributed by atoms with E-state index in [1.165, 1.54) is 0 Å². The molecule has 0 atom stereocenters. The van der Waals surface area contributed by atoms with Crippen LogP contribution >= 0.6 is 0 Å². The fraction of sp³-hybridized carbons (Fsp3) is 0.600. The van der Waals surface area contributed by atoms with E-state index in [1.54, 1.807) is 6.08 Å². The van der Waals surface area contributed by atoms with Crippen molar-refractivity contribution >= 4 is 0 Å². The minimum atomic E-state index is -0.301. The van der Waals surface area contributed by atoms with Gasteiger partial charge in [-0.25, -0.2) is 4.39 Å². The molecule has 0 unspecified atom stereocenters. The smallest absolute Gasteiger partial charge is 0.126 e. The lowest BCUT2D eigenvalue weighted by atomic mass is 9.82. The largest absolute Gasteiger partial charge is 0.512 e. The van der Waals surface area contributed by atoms with Crippen LogP contribution in [0.2, 0.25) is 0 Å². The molecule has 68 valence electrons. The highest BCUT2D eigenvalue weighted by molar-refractivity contribution is 5.35. The molecule has 0 radical (unpaired) electrons. The summed E-state index contributed by atoms with van der Waals surface area (Å²) in [6, 6.07) is 0. The van der Waals surface area contributed by atoms with Crippen LogP contribution in [0.15, 0.2) is 23.2 Å². The summed E-state index contributed by atoms with van der Waals surface area (Å²) < 4.78 is 13.2. The first kappa shape index (κ1) is 9.30. The lowest BCUT2D eigenvalue weighted by molar-refractivity contribution is 0.341. The maximum Gasteiger partial charge on any atom is 0.126 e. The first-order chi connectivity index (χ1) is 5.43. The summed E-state index contributed by atoms with van der Waals surface area (Å²) in [4.78, 5) is 0. The Labute approximate surface area is 72.6 Å². The van der Waals surface area contributed by atoms with Gasteiger partial charge in [0, 0.05) is 12.0 Å². The summed E-state index contributed by atoms with van der Waals surface area (Å²) >= 11 is 0. The van der Waals surface area contributed by atoms with Crippen LogP contribution in [0.5, 0.6) is 0 Å². The zero-order valence-corrected chi connectivity index (χ0v) is 7.82. The average Bonchev–Trinajstić information content (AvgIpc) is 1.82. The molecule has 0 heterocycles. The Kier molecular flexibility index (Phi) is 2.27. The molecule has 2 heteroatoms. The fourth-order valence-corrected chi connectivity index (χ4v) is 1.49. The molecule has 1 N–H and O–H groups in total. The highest BCUT2D eigenvalue weighted by Crippen LogP contribution is 2.37. The number of aliphatic hydroxyl groups is 1. The predicted molar refractivity (Wildman–Crippen MR) is 47.5 cm³/mol. The van der Waals surface area contributed by atoms with Crippen LogP contribution in [0.25, 0.3) is 0 Å². The Hall–Kier alpha value is -0.790. The van der Waals surface area contributed by atoms with E-state index in [9.17, 15) is 9.50 Å². The predicted octanol–water partition coefficient (Wildman–Crippen LogP) is 3.49. The van der Waals surface area contributed by atoms with Crippen LogP contribution in [0.3, 0.4) is 0 Å². The van der Waals surface area contributed by atoms with Crippen molar-refractivity contribution in [2.75, 3.05) is 0 Å². The maximum atomic E-state index is 13.2. The Morgan fingerprint density at radius 3 is 2.33 bits per heavy atom. The van der Waals surface area contributed by atoms with Crippen molar-refractivity contribution in [2.24, 2.45) is 5.41 Å². The quantitative estimate of drug-likeness (QED) is 0.590. The zero-order chi connectivity index (χ0) is 9.35. The van der Waals surface area contributed by atoms with Gasteiger partial charge in [-0.3, -0.25) is 0 Å². The van der Waals surface area contributed by atoms with Crippen LogP contribution < -0.4 is 0 Å². The van der Waals surface area contributed by atoms with Gasteiger partial charge in [-0.15, -0.1) is 0 Å². The Bertz CT molecular complexity index is 243. The van der Waals surface area contributed by atoms with E-state index in [1.807, 2.05) is 20.8 Å². The Morgan fingerprint density at radius 2 is 2.00 bits per heavy atom. The van der Waals surface area contributed by atoms with E-state index in [2.05, 4.69) is 0 Å². The van der Waals surface area contributed by atoms with E-state index < -0.39 is 0 Å². The van der Waals surface area contributed by atoms with Crippen molar-refractivity contribution in [2.45, 2.75) is 33.6 Å². The van der Waals surface area contributed by atoms with Crippen molar-refractivity contribution in [1.29, 1.82) is 0 Å². The van der Waals surface area contributed by atoms with Crippen molar-refractivity contribution in [3.8, 4) is 0 Å². The third-order valence-electron chi connectivity index (χ3n) is 1.98. The van der Waals surface area contributed by atoms with Gasteiger partial charge in [0.1, 0.15) is 5.83 Å². The SMILES string of the molecule is CC(C)(C)C1=C(O)CCC=C1F. The molecule has 0 spiro atoms. The summed E-state index contributed by atoms with van der Waals surface area (Å²) in [5.41, 5.74) is 0.166. The Morgan fingerprint density at radius 1 is 1.42 bits per heavy atom. The van der Waals surface area contributed by atoms with Crippen LogP contribution in [0.1, 0.15) is 33.6 Å². The van der Waals surface area contributed by atoms with Gasteiger partial charge in [-0.2, -0.15) is 0 Å². The second kappa shape index (κ2) is 2.92. The average molecular weight is 170 g/mol. The van der Waals surface area contributed by atoms with Crippen LogP contribution in [-0.2, 0) is 0 Å². The van der Waals surface area contributed by atoms with Gasteiger partial charge < -0.3 is 5.11 Å². The molecule has 0 amide bonds. The van der Waals surface area contributed by atoms with Gasteiger partial charge in [-0.05, 0) is 17.9 Å². The summed E-state index contributed by atoms with van der Waals surface area (Å²) in [7, 11) is 0. The third kappa shape index (κ3) is 1.68. The zero-order valence-electron chi connectivity index (χ0n) is 7.82. The molecule has 0 aromatic rings. The van der Waals surface area contributed by atoms with Crippen LogP contribution in [0.4, 0.5) is 4.39 Å². The highest BCUT2D eigenvalue weighted by Gasteiger charge is 2.26. The van der Waals surface area contributed by atoms with E-state index in [0.717, 1.165) is 0 Å². The first-order valence-electron chi connectivity index (χ1n) is 4.21. The minimum absolute atomic E-state index is 0.211. The standard InChI is InChI=1S/C10H15FO/c1-10(2,3)9-7(11)5-4-6-8(9)12/h5,12H,4,6H2,1-3H3. The van der Waals surface area contributed by atoms with E-state index in [-0.39, 0.29) is 17.0 Å². The monoisotopic (exact) mass is 170 g/mol. The maximum absolute atomic E-state index is 13.2. The molecular formula is C10H15FO. The van der Waals surface area contributed by atoms with Crippen molar-refractivity contribution in [3.63, 3.8) is 0 Å². The lowest BCUT2D eigenvalue weighted by Crippen LogP contribution is -2.15. The summed E-state index contributed by atoms with van der Waals surface area (Å²) in [5.74, 6) is -0.0475. The van der Waals surface area contributed by atoms with Crippen molar-refractivity contribution in [1.82, 2.24) is 0 Å². The lowest BCUT2D eigenvalue weighted by Gasteiger charge is -2.25. The van der Waals surface area contributed by atoms with Gasteiger partial charge in [0.05, 0.1) is 5.76 Å². The number of rotatable bonds is 0. The summed E-state index contributed by atoms with van der Waals surface area (Å²) in [6.07, 6.45) is 2.72. The van der Waals surface area contributed by atoms with E-state index in [4.69, 9.17) is 0 Å². The summed E-state index contributed by atoms with van der Waals surface area (Å²) in [5, 5.41) is 9.47. The van der Waals surface area contributed by atoms with E-state index >= 15 is 0 Å². The van der Waals surface area contributed by atoms with E-state index in [0.29, 0.717) is 18.4 Å². The normalized spacial score (nSPS) is 19.5. The highest BCUT2D eigenvalue weighted by atomic mass is 19.1. The molecule has 0 saturated heterocycles. The second-order valence-electron chi connectivity index (χ2n) is 4.16. The summed E-state index contributed by atoms with van der Waals surface area (Å²) in [6.45, 7) is 5.70. The molecule has 0 bridgehead atoms. The Balaban J connectivity index is 3.07. The van der Waals surface area contributed by atoms with Gasteiger partial charge in [0.2, 0.25) is 0 Å².